The minimum atomic E-state index is -5.57. The molecular formula is C17H19F3O6S. The highest BCUT2D eigenvalue weighted by molar-refractivity contribution is 7.92. The lowest BCUT2D eigenvalue weighted by molar-refractivity contribution is -0.156. The van der Waals surface area contributed by atoms with Crippen LogP contribution in [0, 0.1) is 17.8 Å². The quantitative estimate of drug-likeness (QED) is 0.718. The number of sulfone groups is 1. The van der Waals surface area contributed by atoms with Crippen LogP contribution < -0.4 is 0 Å². The Labute approximate surface area is 153 Å². The molecule has 1 aliphatic carbocycles. The van der Waals surface area contributed by atoms with Crippen molar-refractivity contribution in [1.82, 2.24) is 0 Å². The second kappa shape index (κ2) is 7.87. The van der Waals surface area contributed by atoms with Gasteiger partial charge in [0.25, 0.3) is 9.84 Å². The molecule has 2 N–H and O–H groups in total. The van der Waals surface area contributed by atoms with E-state index >= 15 is 0 Å². The molecule has 1 aliphatic rings. The van der Waals surface area contributed by atoms with Crippen molar-refractivity contribution in [2.24, 2.45) is 17.8 Å². The molecule has 1 aromatic carbocycles. The van der Waals surface area contributed by atoms with Crippen molar-refractivity contribution in [3.05, 3.63) is 29.8 Å². The lowest BCUT2D eigenvalue weighted by Crippen LogP contribution is -2.36. The van der Waals surface area contributed by atoms with E-state index in [1.807, 2.05) is 0 Å². The van der Waals surface area contributed by atoms with Gasteiger partial charge in [0.2, 0.25) is 0 Å². The summed E-state index contributed by atoms with van der Waals surface area (Å²) in [5.41, 5.74) is -5.46. The van der Waals surface area contributed by atoms with Crippen LogP contribution in [0.15, 0.2) is 29.2 Å². The summed E-state index contributed by atoms with van der Waals surface area (Å²) in [6.45, 7) is 0. The van der Waals surface area contributed by atoms with Gasteiger partial charge in [-0.15, -0.1) is 0 Å². The molecule has 0 spiro atoms. The smallest absolute Gasteiger partial charge is 0.481 e. The molecule has 27 heavy (non-hydrogen) atoms. The number of carboxylic acid groups (broad SMARTS) is 2. The summed E-state index contributed by atoms with van der Waals surface area (Å²) in [7, 11) is -5.57. The number of rotatable bonds is 7. The van der Waals surface area contributed by atoms with Gasteiger partial charge in [0, 0.05) is 0 Å². The van der Waals surface area contributed by atoms with Crippen molar-refractivity contribution in [3.8, 4) is 0 Å². The first-order chi connectivity index (χ1) is 12.4. The topological polar surface area (TPSA) is 109 Å². The molecule has 0 saturated heterocycles. The maximum atomic E-state index is 12.7. The Morgan fingerprint density at radius 1 is 1.11 bits per heavy atom. The second-order valence-corrected chi connectivity index (χ2v) is 8.60. The zero-order valence-corrected chi connectivity index (χ0v) is 15.0. The van der Waals surface area contributed by atoms with Crippen LogP contribution in [0.25, 0.3) is 0 Å². The third-order valence-electron chi connectivity index (χ3n) is 4.91. The molecule has 1 aromatic rings. The lowest BCUT2D eigenvalue weighted by atomic mass is 9.77. The van der Waals surface area contributed by atoms with Gasteiger partial charge in [-0.3, -0.25) is 9.59 Å². The average Bonchev–Trinajstić information content (AvgIpc) is 3.07. The molecular weight excluding hydrogens is 389 g/mol. The highest BCUT2D eigenvalue weighted by Crippen LogP contribution is 2.37. The van der Waals surface area contributed by atoms with Crippen LogP contribution >= 0.6 is 0 Å². The van der Waals surface area contributed by atoms with Gasteiger partial charge in [-0.1, -0.05) is 25.0 Å². The monoisotopic (exact) mass is 408 g/mol. The molecule has 6 nitrogen and oxygen atoms in total. The van der Waals surface area contributed by atoms with Crippen LogP contribution in [-0.4, -0.2) is 36.1 Å². The van der Waals surface area contributed by atoms with Gasteiger partial charge in [0.1, 0.15) is 0 Å². The molecule has 0 aromatic heterocycles. The summed E-state index contributed by atoms with van der Waals surface area (Å²) in [6, 6.07) is 3.90. The van der Waals surface area contributed by atoms with Gasteiger partial charge in [-0.25, -0.2) is 8.42 Å². The first-order valence-electron chi connectivity index (χ1n) is 8.31. The summed E-state index contributed by atoms with van der Waals surface area (Å²) in [5.74, 6) is -5.53. The maximum absolute atomic E-state index is 12.7. The Morgan fingerprint density at radius 3 is 2.19 bits per heavy atom. The van der Waals surface area contributed by atoms with Crippen molar-refractivity contribution >= 4 is 21.8 Å². The third kappa shape index (κ3) is 4.60. The van der Waals surface area contributed by atoms with Crippen molar-refractivity contribution in [2.75, 3.05) is 0 Å². The summed E-state index contributed by atoms with van der Waals surface area (Å²) in [5, 5.41) is 19.0. The number of aliphatic carboxylic acids is 2. The fourth-order valence-corrected chi connectivity index (χ4v) is 4.45. The average molecular weight is 408 g/mol. The molecule has 0 bridgehead atoms. The van der Waals surface area contributed by atoms with E-state index < -0.39 is 44.0 Å². The number of benzene rings is 1. The zero-order valence-electron chi connectivity index (χ0n) is 14.1. The molecule has 0 aliphatic heterocycles. The third-order valence-corrected chi connectivity index (χ3v) is 6.40. The van der Waals surface area contributed by atoms with Crippen LogP contribution in [-0.2, 0) is 25.8 Å². The lowest BCUT2D eigenvalue weighted by Gasteiger charge is -2.25. The molecule has 10 heteroatoms. The Kier molecular flexibility index (Phi) is 6.18. The SMILES string of the molecule is O=C(O)C(Cc1cccc(S(=O)(=O)C(F)(F)F)c1)C(C(=O)O)C1CCCC1. The van der Waals surface area contributed by atoms with E-state index in [-0.39, 0.29) is 17.9 Å². The first-order valence-corrected chi connectivity index (χ1v) is 9.79. The van der Waals surface area contributed by atoms with Crippen LogP contribution in [0.1, 0.15) is 31.2 Å². The van der Waals surface area contributed by atoms with Gasteiger partial charge in [0.15, 0.2) is 0 Å². The molecule has 150 valence electrons. The van der Waals surface area contributed by atoms with Crippen molar-refractivity contribution < 1.29 is 41.4 Å². The zero-order chi connectivity index (χ0) is 20.4. The Bertz CT molecular complexity index is 812. The highest BCUT2D eigenvalue weighted by atomic mass is 32.2. The van der Waals surface area contributed by atoms with Gasteiger partial charge >= 0.3 is 17.4 Å². The van der Waals surface area contributed by atoms with E-state index in [1.54, 1.807) is 0 Å². The number of halogens is 3. The Balaban J connectivity index is 2.35. The van der Waals surface area contributed by atoms with Crippen LogP contribution in [0.4, 0.5) is 13.2 Å². The van der Waals surface area contributed by atoms with Crippen LogP contribution in [0.5, 0.6) is 0 Å². The molecule has 0 amide bonds. The summed E-state index contributed by atoms with van der Waals surface area (Å²) >= 11 is 0. The summed E-state index contributed by atoms with van der Waals surface area (Å²) in [4.78, 5) is 22.4. The molecule has 2 rings (SSSR count). The van der Waals surface area contributed by atoms with Crippen molar-refractivity contribution in [1.29, 1.82) is 0 Å². The Hall–Kier alpha value is -2.10. The molecule has 0 heterocycles. The summed E-state index contributed by atoms with van der Waals surface area (Å²) < 4.78 is 61.2. The summed E-state index contributed by atoms with van der Waals surface area (Å²) in [6.07, 6.45) is 2.36. The predicted molar refractivity (Wildman–Crippen MR) is 87.6 cm³/mol. The number of carboxylic acids is 2. The van der Waals surface area contributed by atoms with E-state index in [1.165, 1.54) is 6.07 Å². The standard InChI is InChI=1S/C17H19F3O6S/c18-17(19,20)27(25,26)12-7-3-4-10(8-12)9-13(15(21)22)14(16(23)24)11-5-1-2-6-11/h3-4,7-8,11,13-14H,1-2,5-6,9H2,(H,21,22)(H,23,24). The van der Waals surface area contributed by atoms with Gasteiger partial charge < -0.3 is 10.2 Å². The van der Waals surface area contributed by atoms with E-state index in [2.05, 4.69) is 0 Å². The number of alkyl halides is 3. The van der Waals surface area contributed by atoms with Gasteiger partial charge in [-0.2, -0.15) is 13.2 Å². The van der Waals surface area contributed by atoms with E-state index in [9.17, 15) is 41.4 Å². The van der Waals surface area contributed by atoms with Crippen LogP contribution in [0.3, 0.4) is 0 Å². The van der Waals surface area contributed by atoms with Gasteiger partial charge in [-0.05, 0) is 42.9 Å². The molecule has 2 unspecified atom stereocenters. The maximum Gasteiger partial charge on any atom is 0.501 e. The predicted octanol–water partition coefficient (Wildman–Crippen LogP) is 3.11. The van der Waals surface area contributed by atoms with E-state index in [0.29, 0.717) is 12.8 Å². The molecule has 0 radical (unpaired) electrons. The van der Waals surface area contributed by atoms with Gasteiger partial charge in [0.05, 0.1) is 16.7 Å². The second-order valence-electron chi connectivity index (χ2n) is 6.65. The first kappa shape index (κ1) is 21.2. The minimum Gasteiger partial charge on any atom is -0.481 e. The van der Waals surface area contributed by atoms with Crippen molar-refractivity contribution in [3.63, 3.8) is 0 Å². The van der Waals surface area contributed by atoms with E-state index in [0.717, 1.165) is 31.0 Å². The number of hydrogen-bond donors (Lipinski definition) is 2. The van der Waals surface area contributed by atoms with Crippen molar-refractivity contribution in [2.45, 2.75) is 42.5 Å². The Morgan fingerprint density at radius 2 is 1.70 bits per heavy atom. The fraction of sp³-hybridized carbons (Fsp3) is 0.529. The number of hydrogen-bond acceptors (Lipinski definition) is 4. The molecule has 2 atom stereocenters. The molecule has 1 fully saturated rings. The van der Waals surface area contributed by atoms with Crippen LogP contribution in [0.2, 0.25) is 0 Å². The highest BCUT2D eigenvalue weighted by Gasteiger charge is 2.47. The van der Waals surface area contributed by atoms with E-state index in [4.69, 9.17) is 0 Å². The molecule has 1 saturated carbocycles. The normalized spacial score (nSPS) is 18.2. The number of carbonyl (C=O) groups is 2. The fourth-order valence-electron chi connectivity index (χ4n) is 3.61. The largest absolute Gasteiger partial charge is 0.501 e. The minimum absolute atomic E-state index is 0.0250.